The van der Waals surface area contributed by atoms with Crippen molar-refractivity contribution in [2.45, 2.75) is 19.1 Å². The summed E-state index contributed by atoms with van der Waals surface area (Å²) in [7, 11) is 0. The molecule has 0 aliphatic heterocycles. The monoisotopic (exact) mass is 310 g/mol. The topological polar surface area (TPSA) is 29.5 Å². The molecule has 1 N–H and O–H groups in total. The van der Waals surface area contributed by atoms with Crippen LogP contribution < -0.4 is 0 Å². The smallest absolute Gasteiger partial charge is 0.112 e. The second kappa shape index (κ2) is 7.09. The molecule has 0 aromatic heterocycles. The molecule has 2 nitrogen and oxygen atoms in total. The highest BCUT2D eigenvalue weighted by Gasteiger charge is 2.23. The maximum absolute atomic E-state index is 10.6. The molecule has 0 amide bonds. The van der Waals surface area contributed by atoms with Gasteiger partial charge in [0, 0.05) is 6.61 Å². The molecule has 20 heavy (non-hydrogen) atoms. The molecule has 0 spiro atoms. The number of hydrogen-bond acceptors (Lipinski definition) is 2. The fraction of sp³-hybridized carbons (Fsp3) is 0.250. The van der Waals surface area contributed by atoms with Gasteiger partial charge in [-0.1, -0.05) is 59.6 Å². The first-order valence-corrected chi connectivity index (χ1v) is 7.18. The van der Waals surface area contributed by atoms with Gasteiger partial charge >= 0.3 is 0 Å². The predicted octanol–water partition coefficient (Wildman–Crippen LogP) is 4.80. The van der Waals surface area contributed by atoms with Gasteiger partial charge in [-0.15, -0.1) is 0 Å². The fourth-order valence-electron chi connectivity index (χ4n) is 2.06. The lowest BCUT2D eigenvalue weighted by atomic mass is 9.98. The van der Waals surface area contributed by atoms with Gasteiger partial charge in [0.05, 0.1) is 10.0 Å². The molecule has 2 unspecified atom stereocenters. The summed E-state index contributed by atoms with van der Waals surface area (Å²) < 4.78 is 5.69. The molecule has 4 heteroatoms. The molecule has 106 valence electrons. The number of benzene rings is 2. The molecule has 2 rings (SSSR count). The lowest BCUT2D eigenvalue weighted by Gasteiger charge is -2.24. The summed E-state index contributed by atoms with van der Waals surface area (Å²) in [6, 6.07) is 14.7. The van der Waals surface area contributed by atoms with Crippen LogP contribution in [0, 0.1) is 0 Å². The summed E-state index contributed by atoms with van der Waals surface area (Å²) in [6.07, 6.45) is -1.23. The van der Waals surface area contributed by atoms with Gasteiger partial charge in [-0.2, -0.15) is 0 Å². The van der Waals surface area contributed by atoms with Crippen LogP contribution in [0.2, 0.25) is 10.0 Å². The fourth-order valence-corrected chi connectivity index (χ4v) is 2.37. The maximum atomic E-state index is 10.6. The summed E-state index contributed by atoms with van der Waals surface area (Å²) in [6.45, 7) is 2.41. The Bertz CT molecular complexity index is 558. The second-order valence-corrected chi connectivity index (χ2v) is 5.22. The lowest BCUT2D eigenvalue weighted by Crippen LogP contribution is -2.14. The van der Waals surface area contributed by atoms with Crippen molar-refractivity contribution in [3.8, 4) is 0 Å². The number of aliphatic hydroxyl groups is 1. The van der Waals surface area contributed by atoms with Gasteiger partial charge < -0.3 is 9.84 Å². The molecule has 0 aliphatic rings. The Balaban J connectivity index is 2.31. The van der Waals surface area contributed by atoms with E-state index in [-0.39, 0.29) is 0 Å². The van der Waals surface area contributed by atoms with E-state index in [0.29, 0.717) is 22.2 Å². The van der Waals surface area contributed by atoms with Gasteiger partial charge in [-0.3, -0.25) is 0 Å². The van der Waals surface area contributed by atoms with Crippen molar-refractivity contribution in [3.63, 3.8) is 0 Å². The maximum Gasteiger partial charge on any atom is 0.112 e. The lowest BCUT2D eigenvalue weighted by molar-refractivity contribution is -0.0361. The Labute approximate surface area is 128 Å². The van der Waals surface area contributed by atoms with E-state index in [1.165, 1.54) is 0 Å². The molecule has 0 saturated carbocycles. The summed E-state index contributed by atoms with van der Waals surface area (Å²) in [5, 5.41) is 11.4. The Morgan fingerprint density at radius 1 is 1.00 bits per heavy atom. The van der Waals surface area contributed by atoms with Crippen LogP contribution in [0.25, 0.3) is 0 Å². The summed E-state index contributed by atoms with van der Waals surface area (Å²) >= 11 is 11.9. The third kappa shape index (κ3) is 3.53. The largest absolute Gasteiger partial charge is 0.385 e. The van der Waals surface area contributed by atoms with E-state index in [0.717, 1.165) is 5.56 Å². The van der Waals surface area contributed by atoms with Gasteiger partial charge in [0.2, 0.25) is 0 Å². The van der Waals surface area contributed by atoms with Gasteiger partial charge in [0.1, 0.15) is 12.2 Å². The zero-order valence-electron chi connectivity index (χ0n) is 11.1. The average Bonchev–Trinajstić information content (AvgIpc) is 2.48. The molecule has 0 saturated heterocycles. The van der Waals surface area contributed by atoms with Crippen LogP contribution in [0.1, 0.15) is 30.3 Å². The molecular formula is C16H16Cl2O2. The normalized spacial score (nSPS) is 14.0. The van der Waals surface area contributed by atoms with Crippen LogP contribution in [0.4, 0.5) is 0 Å². The van der Waals surface area contributed by atoms with Gasteiger partial charge in [-0.05, 0) is 30.2 Å². The third-order valence-electron chi connectivity index (χ3n) is 3.05. The number of aliphatic hydroxyl groups excluding tert-OH is 1. The van der Waals surface area contributed by atoms with E-state index in [9.17, 15) is 5.11 Å². The molecule has 2 aromatic carbocycles. The molecule has 2 atom stereocenters. The first kappa shape index (κ1) is 15.3. The number of halogens is 2. The Morgan fingerprint density at radius 2 is 1.70 bits per heavy atom. The third-order valence-corrected chi connectivity index (χ3v) is 3.79. The molecule has 0 radical (unpaired) electrons. The van der Waals surface area contributed by atoms with Crippen molar-refractivity contribution in [1.82, 2.24) is 0 Å². The van der Waals surface area contributed by atoms with E-state index in [2.05, 4.69) is 0 Å². The molecule has 2 aromatic rings. The van der Waals surface area contributed by atoms with Crippen molar-refractivity contribution >= 4 is 23.2 Å². The van der Waals surface area contributed by atoms with Crippen molar-refractivity contribution in [1.29, 1.82) is 0 Å². The summed E-state index contributed by atoms with van der Waals surface area (Å²) in [5.41, 5.74) is 1.61. The number of rotatable bonds is 5. The Kier molecular flexibility index (Phi) is 5.44. The van der Waals surface area contributed by atoms with Crippen LogP contribution in [-0.4, -0.2) is 11.7 Å². The summed E-state index contributed by atoms with van der Waals surface area (Å²) in [4.78, 5) is 0. The van der Waals surface area contributed by atoms with E-state index in [1.807, 2.05) is 37.3 Å². The predicted molar refractivity (Wildman–Crippen MR) is 82.2 cm³/mol. The zero-order chi connectivity index (χ0) is 14.5. The minimum Gasteiger partial charge on any atom is -0.385 e. The zero-order valence-corrected chi connectivity index (χ0v) is 12.6. The minimum absolute atomic E-state index is 0.423. The standard InChI is InChI=1S/C16H16Cl2O2/c1-2-20-16(11-6-4-3-5-7-11)15(19)12-8-9-13(17)14(18)10-12/h3-10,15-16,19H,2H2,1H3. The first-order valence-electron chi connectivity index (χ1n) is 6.43. The van der Waals surface area contributed by atoms with Crippen molar-refractivity contribution in [2.75, 3.05) is 6.61 Å². The van der Waals surface area contributed by atoms with Gasteiger partial charge in [0.15, 0.2) is 0 Å². The first-order chi connectivity index (χ1) is 9.63. The van der Waals surface area contributed by atoms with Crippen molar-refractivity contribution in [3.05, 3.63) is 69.7 Å². The molecule has 0 aliphatic carbocycles. The Hall–Kier alpha value is -1.06. The van der Waals surface area contributed by atoms with Crippen LogP contribution >= 0.6 is 23.2 Å². The second-order valence-electron chi connectivity index (χ2n) is 4.41. The highest BCUT2D eigenvalue weighted by atomic mass is 35.5. The molecule has 0 heterocycles. The van der Waals surface area contributed by atoms with Crippen LogP contribution in [-0.2, 0) is 4.74 Å². The van der Waals surface area contributed by atoms with Gasteiger partial charge in [-0.25, -0.2) is 0 Å². The number of hydrogen-bond donors (Lipinski definition) is 1. The van der Waals surface area contributed by atoms with E-state index >= 15 is 0 Å². The number of ether oxygens (including phenoxy) is 1. The van der Waals surface area contributed by atoms with Gasteiger partial charge in [0.25, 0.3) is 0 Å². The van der Waals surface area contributed by atoms with Crippen molar-refractivity contribution < 1.29 is 9.84 Å². The van der Waals surface area contributed by atoms with Crippen molar-refractivity contribution in [2.24, 2.45) is 0 Å². The molecule has 0 bridgehead atoms. The van der Waals surface area contributed by atoms with Crippen LogP contribution in [0.3, 0.4) is 0 Å². The summed E-state index contributed by atoms with van der Waals surface area (Å²) in [5.74, 6) is 0. The van der Waals surface area contributed by atoms with Crippen LogP contribution in [0.5, 0.6) is 0 Å². The average molecular weight is 311 g/mol. The van der Waals surface area contributed by atoms with E-state index in [4.69, 9.17) is 27.9 Å². The van der Waals surface area contributed by atoms with E-state index in [1.54, 1.807) is 18.2 Å². The minimum atomic E-state index is -0.799. The quantitative estimate of drug-likeness (QED) is 0.859. The van der Waals surface area contributed by atoms with Crippen LogP contribution in [0.15, 0.2) is 48.5 Å². The molecular weight excluding hydrogens is 295 g/mol. The SMILES string of the molecule is CCOC(c1ccccc1)C(O)c1ccc(Cl)c(Cl)c1. The molecule has 0 fully saturated rings. The highest BCUT2D eigenvalue weighted by Crippen LogP contribution is 2.34. The highest BCUT2D eigenvalue weighted by molar-refractivity contribution is 6.42. The Morgan fingerprint density at radius 3 is 2.30 bits per heavy atom. The van der Waals surface area contributed by atoms with E-state index < -0.39 is 12.2 Å².